The van der Waals surface area contributed by atoms with Gasteiger partial charge in [-0.15, -0.1) is 11.8 Å². The van der Waals surface area contributed by atoms with Crippen LogP contribution in [-0.2, 0) is 26.0 Å². The van der Waals surface area contributed by atoms with Gasteiger partial charge in [-0.25, -0.2) is 8.42 Å². The first-order valence-electron chi connectivity index (χ1n) is 9.85. The molecular formula is C21H22N2O6S2. The zero-order valence-corrected chi connectivity index (χ0v) is 18.5. The summed E-state index contributed by atoms with van der Waals surface area (Å²) in [7, 11) is -3.67. The predicted molar refractivity (Wildman–Crippen MR) is 116 cm³/mol. The lowest BCUT2D eigenvalue weighted by Crippen LogP contribution is -2.28. The zero-order chi connectivity index (χ0) is 22.0. The van der Waals surface area contributed by atoms with E-state index in [2.05, 4.69) is 10.6 Å². The first-order valence-corrected chi connectivity index (χ1v) is 12.4. The van der Waals surface area contributed by atoms with Crippen LogP contribution in [0.4, 0.5) is 5.69 Å². The van der Waals surface area contributed by atoms with E-state index in [-0.39, 0.29) is 47.5 Å². The summed E-state index contributed by atoms with van der Waals surface area (Å²) >= 11 is 1.43. The van der Waals surface area contributed by atoms with Crippen LogP contribution in [-0.4, -0.2) is 38.0 Å². The average Bonchev–Trinajstić information content (AvgIpc) is 3.23. The molecule has 0 aromatic heterocycles. The van der Waals surface area contributed by atoms with Crippen molar-refractivity contribution in [3.05, 3.63) is 42.0 Å². The summed E-state index contributed by atoms with van der Waals surface area (Å²) in [6, 6.07) is 10.1. The van der Waals surface area contributed by atoms with E-state index in [1.54, 1.807) is 18.2 Å². The van der Waals surface area contributed by atoms with Crippen molar-refractivity contribution in [3.63, 3.8) is 0 Å². The Morgan fingerprint density at radius 3 is 2.81 bits per heavy atom. The van der Waals surface area contributed by atoms with Gasteiger partial charge in [0, 0.05) is 17.9 Å². The molecule has 2 amide bonds. The van der Waals surface area contributed by atoms with Crippen LogP contribution in [0.3, 0.4) is 0 Å². The minimum Gasteiger partial charge on any atom is -0.454 e. The number of fused-ring (bicyclic) bond motifs is 2. The number of anilines is 1. The summed E-state index contributed by atoms with van der Waals surface area (Å²) in [5.74, 6) is 0.465. The van der Waals surface area contributed by atoms with Gasteiger partial charge < -0.3 is 20.1 Å². The van der Waals surface area contributed by atoms with Gasteiger partial charge in [-0.2, -0.15) is 0 Å². The number of amides is 2. The maximum absolute atomic E-state index is 12.7. The Kier molecular flexibility index (Phi) is 6.10. The number of carbonyl (C=O) groups is 2. The van der Waals surface area contributed by atoms with Crippen LogP contribution in [0.1, 0.15) is 25.3 Å². The van der Waals surface area contributed by atoms with Crippen LogP contribution in [0, 0.1) is 0 Å². The molecule has 2 N–H and O–H groups in total. The first-order chi connectivity index (χ1) is 14.9. The van der Waals surface area contributed by atoms with E-state index in [0.29, 0.717) is 23.6 Å². The number of nitrogens with one attached hydrogen (secondary N) is 2. The summed E-state index contributed by atoms with van der Waals surface area (Å²) in [4.78, 5) is 25.2. The number of rotatable bonds is 7. The quantitative estimate of drug-likeness (QED) is 0.651. The average molecular weight is 463 g/mol. The fourth-order valence-electron chi connectivity index (χ4n) is 3.28. The molecule has 0 unspecified atom stereocenters. The molecule has 2 aliphatic rings. The molecule has 31 heavy (non-hydrogen) atoms. The van der Waals surface area contributed by atoms with Gasteiger partial charge in [-0.3, -0.25) is 9.59 Å². The van der Waals surface area contributed by atoms with Crippen LogP contribution in [0.15, 0.2) is 46.2 Å². The number of carbonyl (C=O) groups excluding carboxylic acids is 2. The Hall–Kier alpha value is -2.72. The lowest BCUT2D eigenvalue weighted by molar-refractivity contribution is -0.121. The lowest BCUT2D eigenvalue weighted by Gasteiger charge is -2.23. The molecular weight excluding hydrogens is 440 g/mol. The molecule has 0 saturated carbocycles. The SMILES string of the molecule is CC[C@@H]1Sc2ccc(S(=O)(=O)CCC(=O)NCc3ccc4c(c3)OCO4)cc2NC1=O. The van der Waals surface area contributed by atoms with Crippen molar-refractivity contribution in [3.8, 4) is 11.5 Å². The van der Waals surface area contributed by atoms with Crippen molar-refractivity contribution in [1.29, 1.82) is 0 Å². The van der Waals surface area contributed by atoms with E-state index in [1.165, 1.54) is 23.9 Å². The van der Waals surface area contributed by atoms with Gasteiger partial charge in [0.1, 0.15) is 0 Å². The number of hydrogen-bond acceptors (Lipinski definition) is 7. The lowest BCUT2D eigenvalue weighted by atomic mass is 10.2. The maximum Gasteiger partial charge on any atom is 0.237 e. The fraction of sp³-hybridized carbons (Fsp3) is 0.333. The third kappa shape index (κ3) is 4.80. The molecule has 4 rings (SSSR count). The van der Waals surface area contributed by atoms with Gasteiger partial charge in [0.15, 0.2) is 21.3 Å². The molecule has 8 nitrogen and oxygen atoms in total. The summed E-state index contributed by atoms with van der Waals surface area (Å²) < 4.78 is 35.9. The molecule has 2 aliphatic heterocycles. The second-order valence-electron chi connectivity index (χ2n) is 7.20. The zero-order valence-electron chi connectivity index (χ0n) is 16.8. The molecule has 0 aliphatic carbocycles. The summed E-state index contributed by atoms with van der Waals surface area (Å²) in [6.07, 6.45) is 0.528. The Labute approximate surface area is 184 Å². The minimum absolute atomic E-state index is 0.0886. The molecule has 0 saturated heterocycles. The second-order valence-corrected chi connectivity index (χ2v) is 10.5. The van der Waals surface area contributed by atoms with Crippen molar-refractivity contribution in [1.82, 2.24) is 5.32 Å². The first kappa shape index (κ1) is 21.5. The van der Waals surface area contributed by atoms with Crippen LogP contribution in [0.2, 0.25) is 0 Å². The Bertz CT molecular complexity index is 1130. The third-order valence-electron chi connectivity index (χ3n) is 5.02. The number of benzene rings is 2. The van der Waals surface area contributed by atoms with Gasteiger partial charge in [0.05, 0.1) is 21.6 Å². The highest BCUT2D eigenvalue weighted by Gasteiger charge is 2.27. The third-order valence-corrected chi connectivity index (χ3v) is 8.18. The largest absolute Gasteiger partial charge is 0.454 e. The van der Waals surface area contributed by atoms with Gasteiger partial charge in [-0.1, -0.05) is 13.0 Å². The van der Waals surface area contributed by atoms with Crippen LogP contribution < -0.4 is 20.1 Å². The smallest absolute Gasteiger partial charge is 0.237 e. The van der Waals surface area contributed by atoms with E-state index in [9.17, 15) is 18.0 Å². The number of ether oxygens (including phenoxy) is 2. The van der Waals surface area contributed by atoms with E-state index in [0.717, 1.165) is 10.5 Å². The molecule has 2 aromatic rings. The topological polar surface area (TPSA) is 111 Å². The molecule has 0 radical (unpaired) electrons. The molecule has 0 bridgehead atoms. The van der Waals surface area contributed by atoms with Gasteiger partial charge in [-0.05, 0) is 42.3 Å². The van der Waals surface area contributed by atoms with Crippen LogP contribution >= 0.6 is 11.8 Å². The predicted octanol–water partition coefficient (Wildman–Crippen LogP) is 2.72. The summed E-state index contributed by atoms with van der Waals surface area (Å²) in [5, 5.41) is 5.32. The standard InChI is InChI=1S/C21H22N2O6S2/c1-2-18-21(25)23-15-10-14(4-6-19(15)30-18)31(26,27)8-7-20(24)22-11-13-3-5-16-17(9-13)29-12-28-16/h3-6,9-10,18H,2,7-8,11-12H2,1H3,(H,22,24)(H,23,25)/t18-/m0/s1. The molecule has 164 valence electrons. The van der Waals surface area contributed by atoms with Crippen molar-refractivity contribution in [2.45, 2.75) is 41.4 Å². The Balaban J connectivity index is 1.34. The van der Waals surface area contributed by atoms with Crippen molar-refractivity contribution in [2.75, 3.05) is 17.9 Å². The number of sulfone groups is 1. The monoisotopic (exact) mass is 462 g/mol. The molecule has 0 fully saturated rings. The van der Waals surface area contributed by atoms with Crippen molar-refractivity contribution in [2.24, 2.45) is 0 Å². The highest BCUT2D eigenvalue weighted by Crippen LogP contribution is 2.38. The Morgan fingerprint density at radius 2 is 2.00 bits per heavy atom. The van der Waals surface area contributed by atoms with Gasteiger partial charge in [0.25, 0.3) is 0 Å². The van der Waals surface area contributed by atoms with E-state index in [1.807, 2.05) is 13.0 Å². The van der Waals surface area contributed by atoms with Gasteiger partial charge in [0.2, 0.25) is 18.6 Å². The number of hydrogen-bond donors (Lipinski definition) is 2. The molecule has 0 spiro atoms. The van der Waals surface area contributed by atoms with Crippen LogP contribution in [0.25, 0.3) is 0 Å². The second kappa shape index (κ2) is 8.80. The Morgan fingerprint density at radius 1 is 1.19 bits per heavy atom. The summed E-state index contributed by atoms with van der Waals surface area (Å²) in [5.41, 5.74) is 1.32. The van der Waals surface area contributed by atoms with E-state index < -0.39 is 9.84 Å². The highest BCUT2D eigenvalue weighted by atomic mass is 32.2. The number of thioether (sulfide) groups is 1. The molecule has 1 atom stereocenters. The minimum atomic E-state index is -3.67. The molecule has 2 heterocycles. The molecule has 10 heteroatoms. The normalized spacial score (nSPS) is 17.1. The van der Waals surface area contributed by atoms with E-state index >= 15 is 0 Å². The van der Waals surface area contributed by atoms with Gasteiger partial charge >= 0.3 is 0 Å². The van der Waals surface area contributed by atoms with Crippen molar-refractivity contribution < 1.29 is 27.5 Å². The molecule has 2 aromatic carbocycles. The van der Waals surface area contributed by atoms with Crippen molar-refractivity contribution >= 4 is 39.1 Å². The highest BCUT2D eigenvalue weighted by molar-refractivity contribution is 8.01. The summed E-state index contributed by atoms with van der Waals surface area (Å²) in [6.45, 7) is 2.36. The van der Waals surface area contributed by atoms with Crippen LogP contribution in [0.5, 0.6) is 11.5 Å². The fourth-order valence-corrected chi connectivity index (χ4v) is 5.56. The van der Waals surface area contributed by atoms with E-state index in [4.69, 9.17) is 9.47 Å². The maximum atomic E-state index is 12.7.